The van der Waals surface area contributed by atoms with Gasteiger partial charge in [0.2, 0.25) is 11.8 Å². The molecule has 1 aromatic rings. The van der Waals surface area contributed by atoms with Gasteiger partial charge in [0.25, 0.3) is 0 Å². The fraction of sp³-hybridized carbons (Fsp3) is 0.385. The summed E-state index contributed by atoms with van der Waals surface area (Å²) in [4.78, 5) is 23.5. The zero-order valence-corrected chi connectivity index (χ0v) is 11.0. The molecule has 0 aliphatic carbocycles. The number of hydrogen-bond donors (Lipinski definition) is 4. The lowest BCUT2D eigenvalue weighted by Gasteiger charge is -2.22. The van der Waals surface area contributed by atoms with Gasteiger partial charge in [-0.25, -0.2) is 0 Å². The first-order chi connectivity index (χ1) is 8.97. The number of aliphatic hydroxyl groups is 1. The predicted molar refractivity (Wildman–Crippen MR) is 71.0 cm³/mol. The lowest BCUT2D eigenvalue weighted by Crippen LogP contribution is -2.53. The van der Waals surface area contributed by atoms with Crippen LogP contribution in [0.2, 0.25) is 0 Å². The monoisotopic (exact) mass is 265 g/mol. The average Bonchev–Trinajstić information content (AvgIpc) is 2.43. The van der Waals surface area contributed by atoms with Crippen LogP contribution in [-0.4, -0.2) is 36.1 Å². The molecule has 5 N–H and O–H groups in total. The molecule has 0 aromatic heterocycles. The van der Waals surface area contributed by atoms with E-state index in [1.54, 1.807) is 24.3 Å². The van der Waals surface area contributed by atoms with Gasteiger partial charge < -0.3 is 21.5 Å². The highest BCUT2D eigenvalue weighted by Crippen LogP contribution is 2.10. The molecule has 0 aliphatic rings. The topological polar surface area (TPSA) is 104 Å². The van der Waals surface area contributed by atoms with Crippen molar-refractivity contribution in [1.29, 1.82) is 0 Å². The van der Waals surface area contributed by atoms with Crippen LogP contribution in [0.3, 0.4) is 0 Å². The Morgan fingerprint density at radius 3 is 2.26 bits per heavy atom. The molecular formula is C13H19N3O3. The van der Waals surface area contributed by atoms with E-state index in [-0.39, 0.29) is 0 Å². The molecule has 0 bridgehead atoms. The highest BCUT2D eigenvalue weighted by molar-refractivity contribution is 5.90. The smallest absolute Gasteiger partial charge is 0.245 e. The van der Waals surface area contributed by atoms with Crippen molar-refractivity contribution >= 4 is 11.8 Å². The second kappa shape index (κ2) is 6.86. The molecule has 3 atom stereocenters. The van der Waals surface area contributed by atoms with Gasteiger partial charge in [-0.1, -0.05) is 30.3 Å². The van der Waals surface area contributed by atoms with E-state index >= 15 is 0 Å². The summed E-state index contributed by atoms with van der Waals surface area (Å²) in [5.74, 6) is -0.982. The number of benzene rings is 1. The number of nitrogens with two attached hydrogens (primary N) is 1. The van der Waals surface area contributed by atoms with E-state index in [1.807, 2.05) is 6.07 Å². The van der Waals surface area contributed by atoms with E-state index < -0.39 is 30.0 Å². The third-order valence-corrected chi connectivity index (χ3v) is 2.75. The summed E-state index contributed by atoms with van der Waals surface area (Å²) in [6, 6.07) is 6.90. The Balaban J connectivity index is 2.75. The number of amides is 2. The Morgan fingerprint density at radius 1 is 1.21 bits per heavy atom. The molecule has 0 radical (unpaired) electrons. The van der Waals surface area contributed by atoms with Crippen molar-refractivity contribution in [2.24, 2.45) is 5.73 Å². The van der Waals surface area contributed by atoms with Gasteiger partial charge in [0.15, 0.2) is 0 Å². The molecular weight excluding hydrogens is 246 g/mol. The quantitative estimate of drug-likeness (QED) is 0.565. The zero-order valence-electron chi connectivity index (χ0n) is 11.0. The largest absolute Gasteiger partial charge is 0.391 e. The third-order valence-electron chi connectivity index (χ3n) is 2.75. The molecule has 1 aromatic carbocycles. The first-order valence-corrected chi connectivity index (χ1v) is 5.98. The maximum atomic E-state index is 12.0. The number of carbonyl (C=O) groups excluding carboxylic acids is 2. The van der Waals surface area contributed by atoms with Crippen molar-refractivity contribution in [1.82, 2.24) is 10.6 Å². The van der Waals surface area contributed by atoms with Crippen LogP contribution in [0.5, 0.6) is 0 Å². The van der Waals surface area contributed by atoms with Crippen molar-refractivity contribution in [3.05, 3.63) is 35.9 Å². The molecule has 1 rings (SSSR count). The minimum atomic E-state index is -1.02. The zero-order chi connectivity index (χ0) is 14.4. The van der Waals surface area contributed by atoms with E-state index in [9.17, 15) is 14.7 Å². The van der Waals surface area contributed by atoms with Gasteiger partial charge in [0.1, 0.15) is 12.1 Å². The Morgan fingerprint density at radius 2 is 1.79 bits per heavy atom. The van der Waals surface area contributed by atoms with Crippen molar-refractivity contribution in [3.63, 3.8) is 0 Å². The minimum Gasteiger partial charge on any atom is -0.391 e. The van der Waals surface area contributed by atoms with Gasteiger partial charge in [-0.3, -0.25) is 9.59 Å². The van der Waals surface area contributed by atoms with Crippen molar-refractivity contribution in [3.8, 4) is 0 Å². The van der Waals surface area contributed by atoms with E-state index in [0.29, 0.717) is 5.56 Å². The molecule has 2 amide bonds. The van der Waals surface area contributed by atoms with E-state index in [0.717, 1.165) is 0 Å². The molecule has 3 unspecified atom stereocenters. The fourth-order valence-corrected chi connectivity index (χ4v) is 1.62. The van der Waals surface area contributed by atoms with Gasteiger partial charge in [-0.05, 0) is 12.5 Å². The van der Waals surface area contributed by atoms with E-state index in [1.165, 1.54) is 14.0 Å². The summed E-state index contributed by atoms with van der Waals surface area (Å²) in [6.45, 7) is 1.42. The van der Waals surface area contributed by atoms with Gasteiger partial charge in [-0.15, -0.1) is 0 Å². The first kappa shape index (κ1) is 15.1. The number of rotatable bonds is 5. The van der Waals surface area contributed by atoms with Gasteiger partial charge in [0, 0.05) is 7.05 Å². The molecule has 19 heavy (non-hydrogen) atoms. The van der Waals surface area contributed by atoms with E-state index in [4.69, 9.17) is 5.73 Å². The summed E-state index contributed by atoms with van der Waals surface area (Å²) in [6.07, 6.45) is -1.01. The van der Waals surface area contributed by atoms with Gasteiger partial charge in [0.05, 0.1) is 6.10 Å². The Labute approximate surface area is 112 Å². The number of likely N-dealkylation sites (N-methyl/N-ethyl adjacent to an activating group) is 1. The molecule has 6 heteroatoms. The standard InChI is InChI=1S/C13H19N3O3/c1-8(17)11(13(19)15-2)16-12(18)10(14)9-6-4-3-5-7-9/h3-8,10-11,17H,14H2,1-2H3,(H,15,19)(H,16,18). The van der Waals surface area contributed by atoms with E-state index in [2.05, 4.69) is 10.6 Å². The molecule has 0 aliphatic heterocycles. The molecule has 0 saturated heterocycles. The Kier molecular flexibility index (Phi) is 5.47. The predicted octanol–water partition coefficient (Wildman–Crippen LogP) is -0.702. The van der Waals surface area contributed by atoms with Gasteiger partial charge in [-0.2, -0.15) is 0 Å². The molecule has 0 spiro atoms. The summed E-state index contributed by atoms with van der Waals surface area (Å²) in [5.41, 5.74) is 6.44. The minimum absolute atomic E-state index is 0.469. The molecule has 104 valence electrons. The number of hydrogen-bond acceptors (Lipinski definition) is 4. The third kappa shape index (κ3) is 4.04. The lowest BCUT2D eigenvalue weighted by molar-refractivity contribution is -0.131. The van der Waals surface area contributed by atoms with Crippen LogP contribution in [0.15, 0.2) is 30.3 Å². The van der Waals surface area contributed by atoms with Crippen molar-refractivity contribution < 1.29 is 14.7 Å². The number of nitrogens with one attached hydrogen (secondary N) is 2. The van der Waals surface area contributed by atoms with Gasteiger partial charge >= 0.3 is 0 Å². The van der Waals surface area contributed by atoms with Crippen molar-refractivity contribution in [2.45, 2.75) is 25.1 Å². The molecule has 6 nitrogen and oxygen atoms in total. The maximum absolute atomic E-state index is 12.0. The second-order valence-electron chi connectivity index (χ2n) is 4.23. The van der Waals surface area contributed by atoms with Crippen LogP contribution in [0, 0.1) is 0 Å². The Hall–Kier alpha value is -1.92. The van der Waals surface area contributed by atoms with Crippen LogP contribution in [-0.2, 0) is 9.59 Å². The summed E-state index contributed by atoms with van der Waals surface area (Å²) in [5, 5.41) is 14.3. The summed E-state index contributed by atoms with van der Waals surface area (Å²) in [7, 11) is 1.43. The summed E-state index contributed by atoms with van der Waals surface area (Å²) >= 11 is 0. The first-order valence-electron chi connectivity index (χ1n) is 5.98. The fourth-order valence-electron chi connectivity index (χ4n) is 1.62. The molecule has 0 fully saturated rings. The SMILES string of the molecule is CNC(=O)C(NC(=O)C(N)c1ccccc1)C(C)O. The normalized spacial score (nSPS) is 15.2. The van der Waals surface area contributed by atoms with Crippen molar-refractivity contribution in [2.75, 3.05) is 7.05 Å². The highest BCUT2D eigenvalue weighted by atomic mass is 16.3. The van der Waals surface area contributed by atoms with Crippen LogP contribution in [0.4, 0.5) is 0 Å². The number of aliphatic hydroxyl groups excluding tert-OH is 1. The maximum Gasteiger partial charge on any atom is 0.245 e. The van der Waals surface area contributed by atoms with Crippen LogP contribution in [0.25, 0.3) is 0 Å². The second-order valence-corrected chi connectivity index (χ2v) is 4.23. The van der Waals surface area contributed by atoms with Crippen LogP contribution in [0.1, 0.15) is 18.5 Å². The summed E-state index contributed by atoms with van der Waals surface area (Å²) < 4.78 is 0. The molecule has 0 heterocycles. The highest BCUT2D eigenvalue weighted by Gasteiger charge is 2.27. The number of carbonyl (C=O) groups is 2. The molecule has 0 saturated carbocycles. The van der Waals surface area contributed by atoms with Crippen LogP contribution >= 0.6 is 0 Å². The average molecular weight is 265 g/mol. The Bertz CT molecular complexity index is 434. The lowest BCUT2D eigenvalue weighted by atomic mass is 10.1. The van der Waals surface area contributed by atoms with Crippen LogP contribution < -0.4 is 16.4 Å².